The maximum absolute atomic E-state index is 12.5. The molecule has 1 N–H and O–H groups in total. The first-order valence-corrected chi connectivity index (χ1v) is 6.91. The molecule has 2 heteroatoms. The summed E-state index contributed by atoms with van der Waals surface area (Å²) in [6, 6.07) is 0. The fraction of sp³-hybridized carbons (Fsp3) is 0.938. The van der Waals surface area contributed by atoms with Crippen molar-refractivity contribution in [1.82, 2.24) is 5.32 Å². The maximum Gasteiger partial charge on any atom is 0.143 e. The first-order chi connectivity index (χ1) is 7.57. The molecule has 0 aliphatic carbocycles. The Hall–Kier alpha value is -0.370. The first-order valence-electron chi connectivity index (χ1n) is 6.91. The van der Waals surface area contributed by atoms with E-state index in [1.165, 1.54) is 0 Å². The van der Waals surface area contributed by atoms with Crippen LogP contribution in [-0.2, 0) is 4.79 Å². The second-order valence-corrected chi connectivity index (χ2v) is 8.90. The summed E-state index contributed by atoms with van der Waals surface area (Å²) in [6.07, 6.45) is 0.841. The highest BCUT2D eigenvalue weighted by Gasteiger charge is 2.40. The molecule has 0 atom stereocenters. The van der Waals surface area contributed by atoms with Gasteiger partial charge in [-0.15, -0.1) is 0 Å². The molecule has 0 radical (unpaired) electrons. The van der Waals surface area contributed by atoms with E-state index in [9.17, 15) is 4.79 Å². The minimum Gasteiger partial charge on any atom is -0.307 e. The number of Topliss-reactive ketones (excluding diaryl/α,β-unsaturated/α-hetero) is 1. The maximum atomic E-state index is 12.5. The first kappa shape index (κ1) is 17.6. The Morgan fingerprint density at radius 1 is 0.833 bits per heavy atom. The Kier molecular flexibility index (Phi) is 4.85. The van der Waals surface area contributed by atoms with Crippen molar-refractivity contribution in [2.45, 2.75) is 86.7 Å². The van der Waals surface area contributed by atoms with Crippen LogP contribution in [0.1, 0.15) is 75.7 Å². The number of carbonyl (C=O) groups excluding carboxylic acids is 1. The van der Waals surface area contributed by atoms with Crippen LogP contribution in [0.25, 0.3) is 0 Å². The minimum atomic E-state index is -0.306. The van der Waals surface area contributed by atoms with E-state index in [4.69, 9.17) is 0 Å². The van der Waals surface area contributed by atoms with Crippen LogP contribution in [0.4, 0.5) is 0 Å². The Balaban J connectivity index is 4.92. The topological polar surface area (TPSA) is 29.1 Å². The van der Waals surface area contributed by atoms with Gasteiger partial charge in [0, 0.05) is 21.9 Å². The van der Waals surface area contributed by atoms with Crippen molar-refractivity contribution in [2.75, 3.05) is 0 Å². The molecule has 0 aromatic rings. The quantitative estimate of drug-likeness (QED) is 0.816. The van der Waals surface area contributed by atoms with Crippen LogP contribution >= 0.6 is 0 Å². The lowest BCUT2D eigenvalue weighted by Gasteiger charge is -2.41. The van der Waals surface area contributed by atoms with Gasteiger partial charge in [-0.05, 0) is 41.0 Å². The zero-order valence-electron chi connectivity index (χ0n) is 14.1. The minimum absolute atomic E-state index is 0.0529. The molecule has 0 saturated carbocycles. The van der Waals surface area contributed by atoms with Crippen LogP contribution in [0.3, 0.4) is 0 Å². The second kappa shape index (κ2) is 4.96. The van der Waals surface area contributed by atoms with E-state index in [0.717, 1.165) is 6.42 Å². The molecule has 18 heavy (non-hydrogen) atoms. The number of nitrogens with one attached hydrogen (secondary N) is 1. The molecule has 0 rings (SSSR count). The molecule has 2 nitrogen and oxygen atoms in total. The van der Waals surface area contributed by atoms with Gasteiger partial charge in [-0.25, -0.2) is 0 Å². The Morgan fingerprint density at radius 2 is 1.22 bits per heavy atom. The third-order valence-corrected chi connectivity index (χ3v) is 2.89. The van der Waals surface area contributed by atoms with Crippen molar-refractivity contribution in [2.24, 2.45) is 10.8 Å². The van der Waals surface area contributed by atoms with E-state index >= 15 is 0 Å². The molecule has 0 amide bonds. The lowest BCUT2D eigenvalue weighted by molar-refractivity contribution is -0.136. The average molecular weight is 255 g/mol. The molecule has 0 bridgehead atoms. The Labute approximate surface area is 114 Å². The smallest absolute Gasteiger partial charge is 0.143 e. The highest BCUT2D eigenvalue weighted by molar-refractivity contribution is 5.88. The molecule has 0 spiro atoms. The zero-order valence-corrected chi connectivity index (χ0v) is 14.1. The molecule has 0 heterocycles. The van der Waals surface area contributed by atoms with Gasteiger partial charge >= 0.3 is 0 Å². The van der Waals surface area contributed by atoms with Crippen molar-refractivity contribution in [3.05, 3.63) is 0 Å². The number of hydrogen-bond donors (Lipinski definition) is 1. The van der Waals surface area contributed by atoms with Gasteiger partial charge < -0.3 is 5.32 Å². The monoisotopic (exact) mass is 255 g/mol. The van der Waals surface area contributed by atoms with Gasteiger partial charge in [-0.3, -0.25) is 4.79 Å². The summed E-state index contributed by atoms with van der Waals surface area (Å²) < 4.78 is 0. The fourth-order valence-electron chi connectivity index (χ4n) is 3.26. The van der Waals surface area contributed by atoms with Gasteiger partial charge in [-0.1, -0.05) is 34.6 Å². The number of hydrogen-bond acceptors (Lipinski definition) is 2. The number of carbonyl (C=O) groups is 1. The predicted octanol–water partition coefficient (Wildman–Crippen LogP) is 4.18. The van der Waals surface area contributed by atoms with E-state index in [2.05, 4.69) is 53.8 Å². The molecule has 0 unspecified atom stereocenters. The second-order valence-electron chi connectivity index (χ2n) is 8.90. The van der Waals surface area contributed by atoms with E-state index in [1.807, 2.05) is 20.8 Å². The molecular weight excluding hydrogens is 222 g/mol. The molecule has 0 saturated heterocycles. The van der Waals surface area contributed by atoms with Crippen molar-refractivity contribution in [3.63, 3.8) is 0 Å². The molecule has 0 aromatic carbocycles. The summed E-state index contributed by atoms with van der Waals surface area (Å²) >= 11 is 0. The van der Waals surface area contributed by atoms with Crippen LogP contribution in [0, 0.1) is 10.8 Å². The lowest BCUT2D eigenvalue weighted by atomic mass is 9.69. The third kappa shape index (κ3) is 5.99. The Morgan fingerprint density at radius 3 is 1.50 bits per heavy atom. The largest absolute Gasteiger partial charge is 0.307 e. The van der Waals surface area contributed by atoms with Gasteiger partial charge in [0.25, 0.3) is 0 Å². The standard InChI is InChI=1S/C16H33NO/c1-13(2,3)12(18)15(7,8)11-16(9,10)17-14(4,5)6/h17H,11H2,1-10H3. The van der Waals surface area contributed by atoms with Gasteiger partial charge in [-0.2, -0.15) is 0 Å². The summed E-state index contributed by atoms with van der Waals surface area (Å²) in [6.45, 7) is 21.0. The summed E-state index contributed by atoms with van der Waals surface area (Å²) in [5, 5.41) is 3.61. The molecule has 108 valence electrons. The van der Waals surface area contributed by atoms with E-state index in [0.29, 0.717) is 5.78 Å². The van der Waals surface area contributed by atoms with Crippen LogP contribution in [0.5, 0.6) is 0 Å². The molecule has 0 aliphatic heterocycles. The van der Waals surface area contributed by atoms with Crippen molar-refractivity contribution < 1.29 is 4.79 Å². The highest BCUT2D eigenvalue weighted by atomic mass is 16.1. The summed E-state index contributed by atoms with van der Waals surface area (Å²) in [5.41, 5.74) is -0.575. The van der Waals surface area contributed by atoms with Gasteiger partial charge in [0.2, 0.25) is 0 Å². The van der Waals surface area contributed by atoms with Crippen molar-refractivity contribution in [3.8, 4) is 0 Å². The summed E-state index contributed by atoms with van der Waals surface area (Å²) in [7, 11) is 0. The van der Waals surface area contributed by atoms with Crippen molar-refractivity contribution in [1.29, 1.82) is 0 Å². The summed E-state index contributed by atoms with van der Waals surface area (Å²) in [5.74, 6) is 0.332. The summed E-state index contributed by atoms with van der Waals surface area (Å²) in [4.78, 5) is 12.5. The third-order valence-electron chi connectivity index (χ3n) is 2.89. The van der Waals surface area contributed by atoms with Crippen LogP contribution in [0.2, 0.25) is 0 Å². The Bertz CT molecular complexity index is 300. The number of rotatable bonds is 4. The normalized spacial score (nSPS) is 14.8. The molecule has 0 fully saturated rings. The van der Waals surface area contributed by atoms with E-state index in [1.54, 1.807) is 0 Å². The molecule has 0 aliphatic rings. The van der Waals surface area contributed by atoms with Gasteiger partial charge in [0.1, 0.15) is 5.78 Å². The fourth-order valence-corrected chi connectivity index (χ4v) is 3.26. The molecule has 0 aromatic heterocycles. The lowest BCUT2D eigenvalue weighted by Crippen LogP contribution is -2.53. The van der Waals surface area contributed by atoms with E-state index < -0.39 is 0 Å². The van der Waals surface area contributed by atoms with Gasteiger partial charge in [0.05, 0.1) is 0 Å². The average Bonchev–Trinajstić information content (AvgIpc) is 1.93. The molecular formula is C16H33NO. The van der Waals surface area contributed by atoms with Crippen LogP contribution in [-0.4, -0.2) is 16.9 Å². The highest BCUT2D eigenvalue weighted by Crippen LogP contribution is 2.36. The number of ketones is 1. The zero-order chi connectivity index (χ0) is 15.0. The SMILES string of the molecule is CC(C)(C)NC(C)(C)CC(C)(C)C(=O)C(C)(C)C. The van der Waals surface area contributed by atoms with Crippen LogP contribution < -0.4 is 5.32 Å². The predicted molar refractivity (Wildman–Crippen MR) is 79.8 cm³/mol. The van der Waals surface area contributed by atoms with Gasteiger partial charge in [0.15, 0.2) is 0 Å². The van der Waals surface area contributed by atoms with Crippen molar-refractivity contribution >= 4 is 5.78 Å². The van der Waals surface area contributed by atoms with Crippen LogP contribution in [0.15, 0.2) is 0 Å². The van der Waals surface area contributed by atoms with E-state index in [-0.39, 0.29) is 21.9 Å².